The number of rotatable bonds is 1. The third-order valence-corrected chi connectivity index (χ3v) is 1.88. The van der Waals surface area contributed by atoms with Crippen LogP contribution in [0.1, 0.15) is 19.3 Å². The first kappa shape index (κ1) is 6.99. The molecule has 1 saturated heterocycles. The molecule has 1 rings (SSSR count). The molecule has 0 spiro atoms. The lowest BCUT2D eigenvalue weighted by molar-refractivity contribution is 0.0910. The lowest BCUT2D eigenvalue weighted by Crippen LogP contribution is -2.46. The first-order chi connectivity index (χ1) is 4.34. The lowest BCUT2D eigenvalue weighted by atomic mass is 10.1. The highest BCUT2D eigenvalue weighted by Gasteiger charge is 2.17. The van der Waals surface area contributed by atoms with Gasteiger partial charge in [-0.1, -0.05) is 6.42 Å². The summed E-state index contributed by atoms with van der Waals surface area (Å²) in [6.45, 7) is 1.14. The summed E-state index contributed by atoms with van der Waals surface area (Å²) in [6.07, 6.45) is 3.43. The van der Waals surface area contributed by atoms with E-state index in [0.717, 1.165) is 13.0 Å². The van der Waals surface area contributed by atoms with Gasteiger partial charge in [-0.25, -0.2) is 5.01 Å². The molecule has 3 nitrogen and oxygen atoms in total. The Morgan fingerprint density at radius 1 is 1.56 bits per heavy atom. The maximum atomic E-state index is 8.74. The van der Waals surface area contributed by atoms with Gasteiger partial charge in [-0.3, -0.25) is 5.84 Å². The molecule has 1 aliphatic rings. The molecule has 9 heavy (non-hydrogen) atoms. The van der Waals surface area contributed by atoms with Gasteiger partial charge in [0.25, 0.3) is 0 Å². The Labute approximate surface area is 55.4 Å². The second kappa shape index (κ2) is 3.15. The third kappa shape index (κ3) is 1.64. The minimum Gasteiger partial charge on any atom is -0.395 e. The summed E-state index contributed by atoms with van der Waals surface area (Å²) >= 11 is 0. The first-order valence-electron chi connectivity index (χ1n) is 3.47. The molecular formula is C6H14N2O. The minimum atomic E-state index is 0.205. The smallest absolute Gasteiger partial charge is 0.0600 e. The second-order valence-corrected chi connectivity index (χ2v) is 2.57. The summed E-state index contributed by atoms with van der Waals surface area (Å²) in [6, 6.07) is 0.221. The van der Waals surface area contributed by atoms with Crippen molar-refractivity contribution in [2.24, 2.45) is 5.84 Å². The molecule has 0 unspecified atom stereocenters. The average Bonchev–Trinajstić information content (AvgIpc) is 1.89. The van der Waals surface area contributed by atoms with Crippen LogP contribution in [0.4, 0.5) is 0 Å². The predicted molar refractivity (Wildman–Crippen MR) is 35.6 cm³/mol. The van der Waals surface area contributed by atoms with Crippen LogP contribution in [0.3, 0.4) is 0 Å². The molecule has 0 amide bonds. The van der Waals surface area contributed by atoms with E-state index in [0.29, 0.717) is 0 Å². The van der Waals surface area contributed by atoms with Crippen molar-refractivity contribution in [2.75, 3.05) is 13.2 Å². The molecule has 54 valence electrons. The van der Waals surface area contributed by atoms with Crippen molar-refractivity contribution in [1.82, 2.24) is 5.01 Å². The van der Waals surface area contributed by atoms with E-state index in [2.05, 4.69) is 0 Å². The highest BCUT2D eigenvalue weighted by Crippen LogP contribution is 2.11. The number of nitrogens with zero attached hydrogens (tertiary/aromatic N) is 1. The summed E-state index contributed by atoms with van der Waals surface area (Å²) in [7, 11) is 0. The molecule has 1 fully saturated rings. The molecule has 0 aromatic carbocycles. The summed E-state index contributed by atoms with van der Waals surface area (Å²) in [5, 5.41) is 10.5. The number of aliphatic hydroxyl groups is 1. The van der Waals surface area contributed by atoms with Gasteiger partial charge in [-0.05, 0) is 12.8 Å². The van der Waals surface area contributed by atoms with Gasteiger partial charge in [-0.15, -0.1) is 0 Å². The molecule has 1 heterocycles. The molecule has 0 radical (unpaired) electrons. The van der Waals surface area contributed by atoms with Crippen molar-refractivity contribution in [3.63, 3.8) is 0 Å². The number of hydrogen-bond acceptors (Lipinski definition) is 3. The summed E-state index contributed by atoms with van der Waals surface area (Å²) in [5.41, 5.74) is 0. The van der Waals surface area contributed by atoms with Crippen molar-refractivity contribution >= 4 is 0 Å². The molecule has 0 aromatic rings. The van der Waals surface area contributed by atoms with E-state index in [4.69, 9.17) is 10.9 Å². The van der Waals surface area contributed by atoms with Crippen molar-refractivity contribution < 1.29 is 5.11 Å². The van der Waals surface area contributed by atoms with E-state index < -0.39 is 0 Å². The van der Waals surface area contributed by atoms with Gasteiger partial charge < -0.3 is 5.11 Å². The van der Waals surface area contributed by atoms with Gasteiger partial charge >= 0.3 is 0 Å². The van der Waals surface area contributed by atoms with Gasteiger partial charge in [0.2, 0.25) is 0 Å². The van der Waals surface area contributed by atoms with Crippen molar-refractivity contribution in [3.05, 3.63) is 0 Å². The quantitative estimate of drug-likeness (QED) is 0.479. The maximum absolute atomic E-state index is 8.74. The average molecular weight is 130 g/mol. The van der Waals surface area contributed by atoms with Crippen LogP contribution in [0.2, 0.25) is 0 Å². The molecule has 3 N–H and O–H groups in total. The van der Waals surface area contributed by atoms with Gasteiger partial charge in [0, 0.05) is 12.6 Å². The summed E-state index contributed by atoms with van der Waals surface area (Å²) in [4.78, 5) is 0. The van der Waals surface area contributed by atoms with E-state index >= 15 is 0 Å². The maximum Gasteiger partial charge on any atom is 0.0600 e. The number of hydrogen-bond donors (Lipinski definition) is 2. The Kier molecular flexibility index (Phi) is 2.45. The number of hydrazine groups is 1. The van der Waals surface area contributed by atoms with Crippen LogP contribution < -0.4 is 5.84 Å². The lowest BCUT2D eigenvalue weighted by Gasteiger charge is -2.29. The van der Waals surface area contributed by atoms with E-state index in [1.807, 2.05) is 0 Å². The summed E-state index contributed by atoms with van der Waals surface area (Å²) in [5.74, 6) is 5.56. The fraction of sp³-hybridized carbons (Fsp3) is 1.00. The van der Waals surface area contributed by atoms with Crippen molar-refractivity contribution in [1.29, 1.82) is 0 Å². The molecule has 1 atom stereocenters. The van der Waals surface area contributed by atoms with E-state index in [9.17, 15) is 0 Å². The van der Waals surface area contributed by atoms with Crippen LogP contribution in [0, 0.1) is 0 Å². The van der Waals surface area contributed by atoms with Crippen molar-refractivity contribution in [2.45, 2.75) is 25.3 Å². The molecule has 1 aliphatic heterocycles. The van der Waals surface area contributed by atoms with E-state index in [1.165, 1.54) is 12.8 Å². The minimum absolute atomic E-state index is 0.205. The normalized spacial score (nSPS) is 30.7. The van der Waals surface area contributed by atoms with E-state index in [1.54, 1.807) is 5.01 Å². The van der Waals surface area contributed by atoms with Crippen LogP contribution in [-0.4, -0.2) is 29.3 Å². The van der Waals surface area contributed by atoms with Crippen LogP contribution in [0.5, 0.6) is 0 Å². The molecule has 0 aromatic heterocycles. The topological polar surface area (TPSA) is 49.5 Å². The Morgan fingerprint density at radius 2 is 2.33 bits per heavy atom. The highest BCUT2D eigenvalue weighted by molar-refractivity contribution is 4.70. The van der Waals surface area contributed by atoms with Gasteiger partial charge in [-0.2, -0.15) is 0 Å². The molecule has 0 aliphatic carbocycles. The first-order valence-corrected chi connectivity index (χ1v) is 3.47. The highest BCUT2D eigenvalue weighted by atomic mass is 16.3. The number of aliphatic hydroxyl groups excluding tert-OH is 1. The Bertz CT molecular complexity index is 87.1. The predicted octanol–water partition coefficient (Wildman–Crippen LogP) is -0.293. The van der Waals surface area contributed by atoms with Crippen LogP contribution in [0.15, 0.2) is 0 Å². The Hall–Kier alpha value is -0.120. The number of nitrogens with two attached hydrogens (primary N) is 1. The zero-order valence-corrected chi connectivity index (χ0v) is 5.58. The zero-order chi connectivity index (χ0) is 6.69. The Balaban J connectivity index is 2.30. The molecule has 0 saturated carbocycles. The van der Waals surface area contributed by atoms with Gasteiger partial charge in [0.15, 0.2) is 0 Å². The molecule has 3 heteroatoms. The fourth-order valence-electron chi connectivity index (χ4n) is 1.22. The second-order valence-electron chi connectivity index (χ2n) is 2.57. The Morgan fingerprint density at radius 3 is 2.78 bits per heavy atom. The fourth-order valence-corrected chi connectivity index (χ4v) is 1.22. The largest absolute Gasteiger partial charge is 0.395 e. The molecule has 0 bridgehead atoms. The SMILES string of the molecule is NN1CCCC[C@H]1CO. The van der Waals surface area contributed by atoms with Crippen LogP contribution >= 0.6 is 0 Å². The monoisotopic (exact) mass is 130 g/mol. The third-order valence-electron chi connectivity index (χ3n) is 1.88. The van der Waals surface area contributed by atoms with Gasteiger partial charge in [0.1, 0.15) is 0 Å². The van der Waals surface area contributed by atoms with Crippen molar-refractivity contribution in [3.8, 4) is 0 Å². The van der Waals surface area contributed by atoms with Crippen LogP contribution in [-0.2, 0) is 0 Å². The van der Waals surface area contributed by atoms with Crippen LogP contribution in [0.25, 0.3) is 0 Å². The van der Waals surface area contributed by atoms with E-state index in [-0.39, 0.29) is 12.6 Å². The zero-order valence-electron chi connectivity index (χ0n) is 5.58. The van der Waals surface area contributed by atoms with Gasteiger partial charge in [0.05, 0.1) is 6.61 Å². The molecular weight excluding hydrogens is 116 g/mol. The summed E-state index contributed by atoms with van der Waals surface area (Å²) < 4.78 is 0. The number of piperidine rings is 1. The standard InChI is InChI=1S/C6H14N2O/c7-8-4-2-1-3-6(8)5-9/h6,9H,1-5,7H2/t6-/m0/s1.